The summed E-state index contributed by atoms with van der Waals surface area (Å²) in [7, 11) is 0. The van der Waals surface area contributed by atoms with Crippen LogP contribution in [0.3, 0.4) is 0 Å². The van der Waals surface area contributed by atoms with E-state index in [2.05, 4.69) is 13.5 Å². The second-order valence-corrected chi connectivity index (χ2v) is 4.02. The summed E-state index contributed by atoms with van der Waals surface area (Å²) in [6.45, 7) is 11.5. The Labute approximate surface area is 122 Å². The van der Waals surface area contributed by atoms with Gasteiger partial charge in [0, 0.05) is 19.3 Å². The Morgan fingerprint density at radius 2 is 1.45 bits per heavy atom. The molecule has 0 aliphatic heterocycles. The lowest BCUT2D eigenvalue weighted by molar-refractivity contribution is -0.131. The molecule has 0 aromatic rings. The van der Waals surface area contributed by atoms with Gasteiger partial charge in [0.2, 0.25) is 0 Å². The molecule has 0 atom stereocenters. The second-order valence-electron chi connectivity index (χ2n) is 4.02. The van der Waals surface area contributed by atoms with Gasteiger partial charge in [-0.2, -0.15) is 0 Å². The van der Waals surface area contributed by atoms with Gasteiger partial charge in [0.1, 0.15) is 0 Å². The van der Waals surface area contributed by atoms with Crippen LogP contribution in [-0.4, -0.2) is 50.7 Å². The van der Waals surface area contributed by atoms with Crippen molar-refractivity contribution < 1.29 is 24.1 Å². The molecule has 120 valence electrons. The van der Waals surface area contributed by atoms with Crippen LogP contribution in [0.2, 0.25) is 0 Å². The van der Waals surface area contributed by atoms with E-state index in [1.807, 2.05) is 6.92 Å². The van der Waals surface area contributed by atoms with Gasteiger partial charge in [-0.05, 0) is 13.3 Å². The molecule has 0 radical (unpaired) electrons. The monoisotopic (exact) mass is 290 g/mol. The van der Waals surface area contributed by atoms with E-state index in [4.69, 9.17) is 19.3 Å². The molecule has 0 amide bonds. The molecule has 0 fully saturated rings. The van der Waals surface area contributed by atoms with Gasteiger partial charge < -0.3 is 19.3 Å². The van der Waals surface area contributed by atoms with E-state index in [0.29, 0.717) is 26.4 Å². The number of carboxylic acid groups (broad SMARTS) is 1. The Hall–Kier alpha value is -0.910. The quantitative estimate of drug-likeness (QED) is 0.417. The summed E-state index contributed by atoms with van der Waals surface area (Å²) in [4.78, 5) is 9.25. The minimum Gasteiger partial charge on any atom is -0.478 e. The fourth-order valence-corrected chi connectivity index (χ4v) is 1.22. The zero-order valence-corrected chi connectivity index (χ0v) is 12.9. The summed E-state index contributed by atoms with van der Waals surface area (Å²) in [6.07, 6.45) is 5.88. The third-order valence-corrected chi connectivity index (χ3v) is 2.26. The van der Waals surface area contributed by atoms with Crippen LogP contribution in [0.1, 0.15) is 39.5 Å². The second kappa shape index (κ2) is 20.4. The lowest BCUT2D eigenvalue weighted by atomic mass is 10.2. The van der Waals surface area contributed by atoms with Crippen LogP contribution in [0.5, 0.6) is 0 Å². The molecule has 0 aromatic heterocycles. The Kier molecular flexibility index (Phi) is 21.8. The fourth-order valence-electron chi connectivity index (χ4n) is 1.22. The van der Waals surface area contributed by atoms with Crippen molar-refractivity contribution in [2.24, 2.45) is 0 Å². The molecular formula is C15H30O5. The maximum Gasteiger partial charge on any atom is 0.327 e. The summed E-state index contributed by atoms with van der Waals surface area (Å²) in [6, 6.07) is 0. The highest BCUT2D eigenvalue weighted by atomic mass is 16.5. The number of carboxylic acids is 1. The minimum atomic E-state index is -0.981. The van der Waals surface area contributed by atoms with Crippen LogP contribution in [-0.2, 0) is 19.0 Å². The molecule has 0 unspecified atom stereocenters. The molecule has 5 nitrogen and oxygen atoms in total. The Morgan fingerprint density at radius 3 is 1.90 bits per heavy atom. The van der Waals surface area contributed by atoms with Crippen LogP contribution >= 0.6 is 0 Å². The smallest absolute Gasteiger partial charge is 0.327 e. The fraction of sp³-hybridized carbons (Fsp3) is 0.800. The summed E-state index contributed by atoms with van der Waals surface area (Å²) in [5.41, 5.74) is 0. The SMILES string of the molecule is C=CC(=O)O.CCCCCCOCCOCCOCC. The first-order valence-corrected chi connectivity index (χ1v) is 7.27. The van der Waals surface area contributed by atoms with Crippen molar-refractivity contribution in [2.45, 2.75) is 39.5 Å². The van der Waals surface area contributed by atoms with Crippen molar-refractivity contribution in [1.82, 2.24) is 0 Å². The summed E-state index contributed by atoms with van der Waals surface area (Å²) < 4.78 is 15.9. The van der Waals surface area contributed by atoms with Crippen molar-refractivity contribution in [2.75, 3.05) is 39.6 Å². The van der Waals surface area contributed by atoms with Gasteiger partial charge in [0.05, 0.1) is 26.4 Å². The minimum absolute atomic E-state index is 0.674. The molecule has 0 spiro atoms. The standard InChI is InChI=1S/C12H26O3.C3H4O2/c1-3-5-6-7-8-14-11-12-15-10-9-13-4-2;1-2-3(4)5/h3-12H2,1-2H3;2H,1H2,(H,4,5). The summed E-state index contributed by atoms with van der Waals surface area (Å²) in [5, 5.41) is 7.60. The predicted octanol–water partition coefficient (Wildman–Crippen LogP) is 2.89. The molecule has 1 N–H and O–H groups in total. The van der Waals surface area contributed by atoms with Gasteiger partial charge in [0.25, 0.3) is 0 Å². The normalized spacial score (nSPS) is 9.70. The first-order valence-electron chi connectivity index (χ1n) is 7.27. The maximum atomic E-state index is 9.25. The number of carbonyl (C=O) groups is 1. The Bertz CT molecular complexity index is 194. The van der Waals surface area contributed by atoms with Crippen molar-refractivity contribution >= 4 is 5.97 Å². The third-order valence-electron chi connectivity index (χ3n) is 2.26. The van der Waals surface area contributed by atoms with Crippen LogP contribution in [0.25, 0.3) is 0 Å². The summed E-state index contributed by atoms with van der Waals surface area (Å²) >= 11 is 0. The zero-order valence-electron chi connectivity index (χ0n) is 12.9. The first-order chi connectivity index (χ1) is 9.68. The lowest BCUT2D eigenvalue weighted by Crippen LogP contribution is -2.09. The lowest BCUT2D eigenvalue weighted by Gasteiger charge is -2.05. The zero-order chi connectivity index (χ0) is 15.5. The molecule has 0 rings (SSSR count). The van der Waals surface area contributed by atoms with Crippen LogP contribution in [0.15, 0.2) is 12.7 Å². The number of ether oxygens (including phenoxy) is 3. The number of unbranched alkanes of at least 4 members (excludes halogenated alkanes) is 3. The van der Waals surface area contributed by atoms with Crippen LogP contribution in [0.4, 0.5) is 0 Å². The molecule has 20 heavy (non-hydrogen) atoms. The van der Waals surface area contributed by atoms with E-state index >= 15 is 0 Å². The van der Waals surface area contributed by atoms with Crippen molar-refractivity contribution in [3.63, 3.8) is 0 Å². The van der Waals surface area contributed by atoms with E-state index in [0.717, 1.165) is 19.3 Å². The van der Waals surface area contributed by atoms with E-state index in [1.165, 1.54) is 25.7 Å². The van der Waals surface area contributed by atoms with Crippen LogP contribution < -0.4 is 0 Å². The maximum absolute atomic E-state index is 9.25. The van der Waals surface area contributed by atoms with E-state index in [-0.39, 0.29) is 0 Å². The third kappa shape index (κ3) is 25.8. The average molecular weight is 290 g/mol. The van der Waals surface area contributed by atoms with E-state index in [9.17, 15) is 4.79 Å². The highest BCUT2D eigenvalue weighted by Gasteiger charge is 1.91. The molecule has 0 aliphatic carbocycles. The number of rotatable bonds is 13. The van der Waals surface area contributed by atoms with Gasteiger partial charge >= 0.3 is 5.97 Å². The number of aliphatic carboxylic acids is 1. The molecular weight excluding hydrogens is 260 g/mol. The molecule has 0 heterocycles. The van der Waals surface area contributed by atoms with E-state index in [1.54, 1.807) is 0 Å². The molecule has 0 aliphatic rings. The van der Waals surface area contributed by atoms with Crippen molar-refractivity contribution in [1.29, 1.82) is 0 Å². The van der Waals surface area contributed by atoms with Gasteiger partial charge in [-0.1, -0.05) is 32.8 Å². The van der Waals surface area contributed by atoms with Crippen LogP contribution in [0, 0.1) is 0 Å². The molecule has 0 aromatic carbocycles. The topological polar surface area (TPSA) is 65.0 Å². The number of hydrogen-bond acceptors (Lipinski definition) is 4. The Morgan fingerprint density at radius 1 is 0.950 bits per heavy atom. The average Bonchev–Trinajstić information content (AvgIpc) is 2.45. The van der Waals surface area contributed by atoms with Crippen molar-refractivity contribution in [3.05, 3.63) is 12.7 Å². The van der Waals surface area contributed by atoms with Gasteiger partial charge in [-0.15, -0.1) is 0 Å². The van der Waals surface area contributed by atoms with Gasteiger partial charge in [-0.3, -0.25) is 0 Å². The van der Waals surface area contributed by atoms with Gasteiger partial charge in [-0.25, -0.2) is 4.79 Å². The Balaban J connectivity index is 0. The molecule has 5 heteroatoms. The van der Waals surface area contributed by atoms with E-state index < -0.39 is 5.97 Å². The van der Waals surface area contributed by atoms with Crippen molar-refractivity contribution in [3.8, 4) is 0 Å². The summed E-state index contributed by atoms with van der Waals surface area (Å²) in [5.74, 6) is -0.981. The first kappa shape index (κ1) is 21.4. The molecule has 0 bridgehead atoms. The number of hydrogen-bond donors (Lipinski definition) is 1. The molecule has 0 saturated heterocycles. The highest BCUT2D eigenvalue weighted by Crippen LogP contribution is 1.98. The molecule has 0 saturated carbocycles. The highest BCUT2D eigenvalue weighted by molar-refractivity contribution is 5.78. The van der Waals surface area contributed by atoms with Gasteiger partial charge in [0.15, 0.2) is 0 Å². The largest absolute Gasteiger partial charge is 0.478 e. The predicted molar refractivity (Wildman–Crippen MR) is 80.1 cm³/mol.